The maximum Gasteiger partial charge on any atom is 0.243 e. The van der Waals surface area contributed by atoms with E-state index < -0.39 is 6.04 Å². The van der Waals surface area contributed by atoms with Gasteiger partial charge in [0.25, 0.3) is 0 Å². The molecule has 1 N–H and O–H groups in total. The highest BCUT2D eigenvalue weighted by Gasteiger charge is 2.33. The second kappa shape index (κ2) is 8.06. The second-order valence-electron chi connectivity index (χ2n) is 5.96. The van der Waals surface area contributed by atoms with Gasteiger partial charge in [-0.3, -0.25) is 9.59 Å². The molecule has 6 heteroatoms. The van der Waals surface area contributed by atoms with Crippen LogP contribution in [0.4, 0.5) is 4.39 Å². The predicted octanol–water partition coefficient (Wildman–Crippen LogP) is 1.04. The number of piperazine rings is 1. The van der Waals surface area contributed by atoms with Crippen molar-refractivity contribution in [2.75, 3.05) is 33.7 Å². The molecule has 1 aromatic rings. The highest BCUT2D eigenvalue weighted by molar-refractivity contribution is 5.88. The van der Waals surface area contributed by atoms with Crippen molar-refractivity contribution in [2.24, 2.45) is 0 Å². The second-order valence-corrected chi connectivity index (χ2v) is 5.96. The van der Waals surface area contributed by atoms with Gasteiger partial charge in [0.05, 0.1) is 0 Å². The van der Waals surface area contributed by atoms with Crippen LogP contribution in [-0.2, 0) is 16.0 Å². The Balaban J connectivity index is 1.87. The lowest BCUT2D eigenvalue weighted by Crippen LogP contribution is -2.59. The first-order valence-corrected chi connectivity index (χ1v) is 7.95. The van der Waals surface area contributed by atoms with Crippen LogP contribution in [0.25, 0.3) is 0 Å². The predicted molar refractivity (Wildman–Crippen MR) is 86.4 cm³/mol. The van der Waals surface area contributed by atoms with Crippen molar-refractivity contribution in [2.45, 2.75) is 25.3 Å². The Hall–Kier alpha value is -1.95. The van der Waals surface area contributed by atoms with Crippen molar-refractivity contribution in [1.82, 2.24) is 15.1 Å². The summed E-state index contributed by atoms with van der Waals surface area (Å²) in [4.78, 5) is 28.2. The fraction of sp³-hybridized carbons (Fsp3) is 0.529. The fourth-order valence-corrected chi connectivity index (χ4v) is 2.85. The number of benzene rings is 1. The third kappa shape index (κ3) is 4.76. The highest BCUT2D eigenvalue weighted by atomic mass is 19.1. The number of halogens is 1. The molecule has 1 heterocycles. The average Bonchev–Trinajstić information content (AvgIpc) is 2.55. The topological polar surface area (TPSA) is 52.7 Å². The van der Waals surface area contributed by atoms with E-state index in [1.165, 1.54) is 12.1 Å². The van der Waals surface area contributed by atoms with Gasteiger partial charge in [-0.1, -0.05) is 12.1 Å². The third-order valence-corrected chi connectivity index (χ3v) is 4.22. The van der Waals surface area contributed by atoms with E-state index in [1.54, 1.807) is 24.1 Å². The summed E-state index contributed by atoms with van der Waals surface area (Å²) in [6.45, 7) is 1.91. The lowest BCUT2D eigenvalue weighted by atomic mass is 10.1. The lowest BCUT2D eigenvalue weighted by molar-refractivity contribution is -0.143. The van der Waals surface area contributed by atoms with Crippen LogP contribution < -0.4 is 5.32 Å². The van der Waals surface area contributed by atoms with Gasteiger partial charge in [-0.2, -0.15) is 0 Å². The largest absolute Gasteiger partial charge is 0.357 e. The van der Waals surface area contributed by atoms with Crippen molar-refractivity contribution < 1.29 is 14.0 Å². The molecule has 0 aliphatic carbocycles. The Morgan fingerprint density at radius 3 is 2.61 bits per heavy atom. The van der Waals surface area contributed by atoms with Gasteiger partial charge < -0.3 is 15.1 Å². The zero-order chi connectivity index (χ0) is 16.8. The van der Waals surface area contributed by atoms with E-state index in [4.69, 9.17) is 0 Å². The molecule has 2 amide bonds. The molecule has 1 saturated heterocycles. The number of nitrogens with one attached hydrogen (secondary N) is 1. The molecule has 1 aromatic carbocycles. The van der Waals surface area contributed by atoms with Crippen LogP contribution in [0.2, 0.25) is 0 Å². The lowest BCUT2D eigenvalue weighted by Gasteiger charge is -2.39. The van der Waals surface area contributed by atoms with E-state index in [-0.39, 0.29) is 17.6 Å². The molecule has 0 aromatic heterocycles. The van der Waals surface area contributed by atoms with Crippen LogP contribution in [-0.4, -0.2) is 61.4 Å². The molecular weight excluding hydrogens is 297 g/mol. The number of hydrogen-bond donors (Lipinski definition) is 1. The monoisotopic (exact) mass is 321 g/mol. The Morgan fingerprint density at radius 2 is 1.96 bits per heavy atom. The van der Waals surface area contributed by atoms with Crippen molar-refractivity contribution in [3.63, 3.8) is 0 Å². The number of carbonyl (C=O) groups is 2. The number of carbonyl (C=O) groups excluding carboxylic acids is 2. The molecule has 1 aliphatic heterocycles. The molecule has 23 heavy (non-hydrogen) atoms. The van der Waals surface area contributed by atoms with Gasteiger partial charge in [-0.15, -0.1) is 0 Å². The number of aryl methyl sites for hydroxylation is 1. The van der Waals surface area contributed by atoms with E-state index in [1.807, 2.05) is 7.05 Å². The molecule has 1 aliphatic rings. The molecule has 126 valence electrons. The first-order valence-electron chi connectivity index (χ1n) is 7.95. The van der Waals surface area contributed by atoms with Crippen LogP contribution in [0.15, 0.2) is 24.3 Å². The van der Waals surface area contributed by atoms with Crippen molar-refractivity contribution in [3.8, 4) is 0 Å². The molecule has 1 unspecified atom stereocenters. The first kappa shape index (κ1) is 17.4. The number of amides is 2. The maximum absolute atomic E-state index is 12.9. The van der Waals surface area contributed by atoms with Crippen LogP contribution in [0.1, 0.15) is 18.4 Å². The molecular formula is C17H24FN3O2. The van der Waals surface area contributed by atoms with Gasteiger partial charge >= 0.3 is 0 Å². The van der Waals surface area contributed by atoms with Crippen LogP contribution in [0, 0.1) is 5.82 Å². The Kier molecular flexibility index (Phi) is 6.10. The van der Waals surface area contributed by atoms with Gasteiger partial charge in [-0.25, -0.2) is 4.39 Å². The summed E-state index contributed by atoms with van der Waals surface area (Å²) in [5, 5.41) is 2.63. The zero-order valence-electron chi connectivity index (χ0n) is 13.7. The van der Waals surface area contributed by atoms with Gasteiger partial charge in [0.15, 0.2) is 0 Å². The summed E-state index contributed by atoms with van der Waals surface area (Å²) in [7, 11) is 3.54. The number of hydrogen-bond acceptors (Lipinski definition) is 3. The molecule has 0 bridgehead atoms. The minimum absolute atomic E-state index is 0.00816. The van der Waals surface area contributed by atoms with Crippen molar-refractivity contribution in [1.29, 1.82) is 0 Å². The Morgan fingerprint density at radius 1 is 1.26 bits per heavy atom. The molecule has 1 atom stereocenters. The van der Waals surface area contributed by atoms with Gasteiger partial charge in [0.2, 0.25) is 11.8 Å². The van der Waals surface area contributed by atoms with Gasteiger partial charge in [-0.05, 0) is 37.6 Å². The number of likely N-dealkylation sites (N-methyl/N-ethyl adjacent to an activating group) is 2. The van der Waals surface area contributed by atoms with E-state index in [0.717, 1.165) is 18.5 Å². The summed E-state index contributed by atoms with van der Waals surface area (Å²) in [5.74, 6) is -0.368. The summed E-state index contributed by atoms with van der Waals surface area (Å²) >= 11 is 0. The Bertz CT molecular complexity index is 547. The minimum Gasteiger partial charge on any atom is -0.357 e. The molecule has 2 rings (SSSR count). The molecule has 0 radical (unpaired) electrons. The SMILES string of the molecule is CNC(=O)C1CN(C)CCN1C(=O)CCCc1ccc(F)cc1. The molecule has 5 nitrogen and oxygen atoms in total. The quantitative estimate of drug-likeness (QED) is 0.881. The van der Waals surface area contributed by atoms with E-state index in [9.17, 15) is 14.0 Å². The minimum atomic E-state index is -0.419. The highest BCUT2D eigenvalue weighted by Crippen LogP contribution is 2.13. The molecule has 1 fully saturated rings. The van der Waals surface area contributed by atoms with E-state index in [2.05, 4.69) is 10.2 Å². The summed E-state index contributed by atoms with van der Waals surface area (Å²) < 4.78 is 12.9. The van der Waals surface area contributed by atoms with Gasteiger partial charge in [0, 0.05) is 33.1 Å². The van der Waals surface area contributed by atoms with E-state index in [0.29, 0.717) is 25.9 Å². The fourth-order valence-electron chi connectivity index (χ4n) is 2.85. The summed E-state index contributed by atoms with van der Waals surface area (Å²) in [5.41, 5.74) is 1.01. The Labute approximate surface area is 136 Å². The zero-order valence-corrected chi connectivity index (χ0v) is 13.7. The van der Waals surface area contributed by atoms with Crippen LogP contribution in [0.3, 0.4) is 0 Å². The average molecular weight is 321 g/mol. The van der Waals surface area contributed by atoms with Crippen molar-refractivity contribution >= 4 is 11.8 Å². The molecule has 0 spiro atoms. The smallest absolute Gasteiger partial charge is 0.243 e. The van der Waals surface area contributed by atoms with Crippen molar-refractivity contribution in [3.05, 3.63) is 35.6 Å². The number of nitrogens with zero attached hydrogens (tertiary/aromatic N) is 2. The summed E-state index contributed by atoms with van der Waals surface area (Å²) in [6, 6.07) is 5.92. The molecule has 0 saturated carbocycles. The maximum atomic E-state index is 12.9. The van der Waals surface area contributed by atoms with Crippen LogP contribution in [0.5, 0.6) is 0 Å². The standard InChI is InChI=1S/C17H24FN3O2/c1-19-17(23)15-12-20(2)10-11-21(15)16(22)5-3-4-13-6-8-14(18)9-7-13/h6-9,15H,3-5,10-12H2,1-2H3,(H,19,23). The third-order valence-electron chi connectivity index (χ3n) is 4.22. The van der Waals surface area contributed by atoms with Gasteiger partial charge in [0.1, 0.15) is 11.9 Å². The summed E-state index contributed by atoms with van der Waals surface area (Å²) in [6.07, 6.45) is 1.82. The van der Waals surface area contributed by atoms with E-state index >= 15 is 0 Å². The van der Waals surface area contributed by atoms with Crippen LogP contribution >= 0.6 is 0 Å². The normalized spacial score (nSPS) is 18.7. The first-order chi connectivity index (χ1) is 11.0. The number of rotatable bonds is 5.